The third kappa shape index (κ3) is 2.39. The van der Waals surface area contributed by atoms with Crippen LogP contribution in [0.5, 0.6) is 0 Å². The number of fused-ring (bicyclic) bond motifs is 5. The Hall–Kier alpha value is -3.85. The number of para-hydroxylation sites is 1. The van der Waals surface area contributed by atoms with Gasteiger partial charge < -0.3 is 9.32 Å². The summed E-state index contributed by atoms with van der Waals surface area (Å²) in [7, 11) is 0. The van der Waals surface area contributed by atoms with Gasteiger partial charge in [0.25, 0.3) is 11.8 Å². The number of rotatable bonds is 3. The Morgan fingerprint density at radius 3 is 2.59 bits per heavy atom. The molecule has 2 amide bonds. The van der Waals surface area contributed by atoms with E-state index in [1.54, 1.807) is 29.2 Å². The van der Waals surface area contributed by atoms with Crippen molar-refractivity contribution in [3.8, 4) is 0 Å². The summed E-state index contributed by atoms with van der Waals surface area (Å²) in [6.07, 6.45) is 0.631. The van der Waals surface area contributed by atoms with Crippen molar-refractivity contribution in [2.45, 2.75) is 32.7 Å². The van der Waals surface area contributed by atoms with Crippen molar-refractivity contribution in [2.24, 2.45) is 0 Å². The van der Waals surface area contributed by atoms with E-state index in [0.717, 1.165) is 10.6 Å². The SMILES string of the molecule is CCc1nnc(N2C(=O)c3oc4ccc(C)cc4c(=O)c3C23C(=O)N(CC)c2ccccc23)s1. The standard InChI is InChI=1S/C25H20N4O4S/c1-4-18-26-27-24(34-18)29-22(31)21-19(20(30)14-12-13(3)10-11-17(14)33-21)25(29)15-8-6-7-9-16(15)28(5-2)23(25)32/h6-12H,4-5H2,1-3H3. The maximum atomic E-state index is 14.2. The van der Waals surface area contributed by atoms with Crippen LogP contribution in [-0.2, 0) is 16.8 Å². The molecular weight excluding hydrogens is 452 g/mol. The number of nitrogens with zero attached hydrogens (tertiary/aromatic N) is 4. The number of anilines is 2. The Kier molecular flexibility index (Phi) is 4.31. The fraction of sp³-hybridized carbons (Fsp3) is 0.240. The van der Waals surface area contributed by atoms with Crippen LogP contribution in [0.3, 0.4) is 0 Å². The van der Waals surface area contributed by atoms with E-state index in [1.165, 1.54) is 16.2 Å². The molecule has 2 aromatic heterocycles. The van der Waals surface area contributed by atoms with Gasteiger partial charge in [-0.3, -0.25) is 19.3 Å². The van der Waals surface area contributed by atoms with Crippen molar-refractivity contribution >= 4 is 44.9 Å². The first-order valence-corrected chi connectivity index (χ1v) is 11.9. The molecule has 1 atom stereocenters. The minimum absolute atomic E-state index is 0.0391. The largest absolute Gasteiger partial charge is 0.450 e. The van der Waals surface area contributed by atoms with Crippen molar-refractivity contribution in [1.82, 2.24) is 10.2 Å². The zero-order valence-electron chi connectivity index (χ0n) is 18.8. The van der Waals surface area contributed by atoms with Crippen LogP contribution in [0.1, 0.15) is 46.1 Å². The summed E-state index contributed by atoms with van der Waals surface area (Å²) in [5.74, 6) is -1.08. The average molecular weight is 473 g/mol. The number of benzene rings is 2. The topological polar surface area (TPSA) is 96.6 Å². The molecule has 0 aliphatic carbocycles. The highest BCUT2D eigenvalue weighted by atomic mass is 32.1. The van der Waals surface area contributed by atoms with E-state index >= 15 is 0 Å². The lowest BCUT2D eigenvalue weighted by molar-refractivity contribution is -0.121. The number of aryl methyl sites for hydroxylation is 2. The number of carbonyl (C=O) groups excluding carboxylic acids is 2. The number of hydrogen-bond acceptors (Lipinski definition) is 7. The Morgan fingerprint density at radius 1 is 1.06 bits per heavy atom. The van der Waals surface area contributed by atoms with E-state index < -0.39 is 16.9 Å². The molecule has 0 N–H and O–H groups in total. The van der Waals surface area contributed by atoms with Gasteiger partial charge in [-0.15, -0.1) is 10.2 Å². The fourth-order valence-corrected chi connectivity index (χ4v) is 5.90. The molecule has 4 heterocycles. The van der Waals surface area contributed by atoms with Crippen LogP contribution in [0.15, 0.2) is 51.7 Å². The minimum Gasteiger partial charge on any atom is -0.450 e. The zero-order chi connectivity index (χ0) is 23.8. The molecule has 2 aliphatic rings. The number of amides is 2. The first kappa shape index (κ1) is 20.7. The molecule has 2 aromatic carbocycles. The maximum Gasteiger partial charge on any atom is 0.297 e. The summed E-state index contributed by atoms with van der Waals surface area (Å²) in [5, 5.41) is 9.75. The summed E-state index contributed by atoms with van der Waals surface area (Å²) in [5.41, 5.74) is 0.333. The fourth-order valence-electron chi connectivity index (χ4n) is 5.07. The minimum atomic E-state index is -1.71. The quantitative estimate of drug-likeness (QED) is 0.450. The molecule has 6 rings (SSSR count). The Morgan fingerprint density at radius 2 is 1.85 bits per heavy atom. The van der Waals surface area contributed by atoms with Gasteiger partial charge in [-0.1, -0.05) is 48.1 Å². The van der Waals surface area contributed by atoms with Gasteiger partial charge in [0.1, 0.15) is 10.6 Å². The van der Waals surface area contributed by atoms with Crippen molar-refractivity contribution < 1.29 is 14.0 Å². The number of hydrogen-bond donors (Lipinski definition) is 0. The van der Waals surface area contributed by atoms with Crippen LogP contribution in [0.4, 0.5) is 10.8 Å². The van der Waals surface area contributed by atoms with Crippen LogP contribution in [-0.4, -0.2) is 28.6 Å². The molecular formula is C25H20N4O4S. The van der Waals surface area contributed by atoms with Crippen LogP contribution in [0.2, 0.25) is 0 Å². The lowest BCUT2D eigenvalue weighted by Crippen LogP contribution is -2.53. The lowest BCUT2D eigenvalue weighted by Gasteiger charge is -2.31. The van der Waals surface area contributed by atoms with Crippen LogP contribution in [0.25, 0.3) is 11.0 Å². The Labute approximate surface area is 198 Å². The molecule has 0 fully saturated rings. The van der Waals surface area contributed by atoms with Gasteiger partial charge in [-0.2, -0.15) is 0 Å². The van der Waals surface area contributed by atoms with E-state index in [2.05, 4.69) is 10.2 Å². The molecule has 9 heteroatoms. The highest BCUT2D eigenvalue weighted by molar-refractivity contribution is 7.15. The molecule has 8 nitrogen and oxygen atoms in total. The highest BCUT2D eigenvalue weighted by Gasteiger charge is 2.66. The summed E-state index contributed by atoms with van der Waals surface area (Å²) < 4.78 is 6.05. The molecule has 170 valence electrons. The molecule has 1 spiro atoms. The molecule has 4 aromatic rings. The smallest absolute Gasteiger partial charge is 0.297 e. The van der Waals surface area contributed by atoms with Gasteiger partial charge in [-0.25, -0.2) is 0 Å². The third-order valence-corrected chi connectivity index (χ3v) is 7.60. The van der Waals surface area contributed by atoms with Crippen molar-refractivity contribution in [3.63, 3.8) is 0 Å². The Bertz CT molecular complexity index is 1590. The van der Waals surface area contributed by atoms with E-state index in [-0.39, 0.29) is 22.4 Å². The summed E-state index contributed by atoms with van der Waals surface area (Å²) in [4.78, 5) is 45.1. The van der Waals surface area contributed by atoms with E-state index in [9.17, 15) is 14.4 Å². The summed E-state index contributed by atoms with van der Waals surface area (Å²) >= 11 is 1.23. The summed E-state index contributed by atoms with van der Waals surface area (Å²) in [6.45, 7) is 6.06. The lowest BCUT2D eigenvalue weighted by atomic mass is 9.84. The predicted octanol–water partition coefficient (Wildman–Crippen LogP) is 3.79. The highest BCUT2D eigenvalue weighted by Crippen LogP contribution is 2.54. The van der Waals surface area contributed by atoms with Crippen molar-refractivity contribution in [1.29, 1.82) is 0 Å². The number of likely N-dealkylation sites (N-methyl/N-ethyl adjacent to an activating group) is 1. The predicted molar refractivity (Wildman–Crippen MR) is 129 cm³/mol. The summed E-state index contributed by atoms with van der Waals surface area (Å²) in [6, 6.07) is 12.5. The molecule has 0 saturated heterocycles. The van der Waals surface area contributed by atoms with Crippen LogP contribution in [0, 0.1) is 6.92 Å². The molecule has 2 aliphatic heterocycles. The van der Waals surface area contributed by atoms with Gasteiger partial charge in [0, 0.05) is 12.1 Å². The zero-order valence-corrected chi connectivity index (χ0v) is 19.6. The molecule has 34 heavy (non-hydrogen) atoms. The van der Waals surface area contributed by atoms with Gasteiger partial charge in [0.2, 0.25) is 10.9 Å². The van der Waals surface area contributed by atoms with Gasteiger partial charge in [0.15, 0.2) is 11.0 Å². The van der Waals surface area contributed by atoms with Crippen molar-refractivity contribution in [2.75, 3.05) is 16.3 Å². The van der Waals surface area contributed by atoms with Gasteiger partial charge >= 0.3 is 0 Å². The first-order valence-electron chi connectivity index (χ1n) is 11.1. The second-order valence-corrected chi connectivity index (χ2v) is 9.42. The van der Waals surface area contributed by atoms with E-state index in [1.807, 2.05) is 39.0 Å². The number of aromatic nitrogens is 2. The molecule has 0 bridgehead atoms. The number of carbonyl (C=O) groups is 2. The van der Waals surface area contributed by atoms with Crippen molar-refractivity contribution in [3.05, 3.63) is 80.1 Å². The second-order valence-electron chi connectivity index (χ2n) is 8.38. The monoisotopic (exact) mass is 472 g/mol. The van der Waals surface area contributed by atoms with Crippen LogP contribution >= 0.6 is 11.3 Å². The second kappa shape index (κ2) is 7.07. The maximum absolute atomic E-state index is 14.2. The first-order chi connectivity index (χ1) is 16.4. The molecule has 0 saturated carbocycles. The van der Waals surface area contributed by atoms with E-state index in [4.69, 9.17) is 4.42 Å². The average Bonchev–Trinajstić information content (AvgIpc) is 3.48. The molecule has 1 unspecified atom stereocenters. The Balaban J connectivity index is 1.78. The van der Waals surface area contributed by atoms with Gasteiger partial charge in [-0.05, 0) is 38.5 Å². The van der Waals surface area contributed by atoms with E-state index in [0.29, 0.717) is 35.2 Å². The molecule has 0 radical (unpaired) electrons. The normalized spacial score (nSPS) is 18.9. The van der Waals surface area contributed by atoms with Gasteiger partial charge in [0.05, 0.1) is 16.6 Å². The van der Waals surface area contributed by atoms with Crippen LogP contribution < -0.4 is 15.2 Å². The third-order valence-electron chi connectivity index (χ3n) is 6.55.